The Balaban J connectivity index is 2.50. The fourth-order valence-corrected chi connectivity index (χ4v) is 2.19. The molecular formula is C11H22N2O3. The Bertz CT molecular complexity index is 223. The van der Waals surface area contributed by atoms with Gasteiger partial charge in [-0.25, -0.2) is 4.79 Å². The standard InChI is InChI=1S/C11H22N2O3/c1-3-9-6-10(12-4-5-14)8-13(7-9)11(15)16-2/h9-10,12,14H,3-8H2,1-2H3. The van der Waals surface area contributed by atoms with Gasteiger partial charge >= 0.3 is 6.09 Å². The number of amides is 1. The van der Waals surface area contributed by atoms with Gasteiger partial charge in [0.1, 0.15) is 0 Å². The van der Waals surface area contributed by atoms with Crippen LogP contribution in [0.5, 0.6) is 0 Å². The van der Waals surface area contributed by atoms with Crippen LogP contribution in [0.1, 0.15) is 19.8 Å². The van der Waals surface area contributed by atoms with Crippen LogP contribution in [0, 0.1) is 5.92 Å². The monoisotopic (exact) mass is 230 g/mol. The lowest BCUT2D eigenvalue weighted by molar-refractivity contribution is 0.0892. The third kappa shape index (κ3) is 3.64. The SMILES string of the molecule is CCC1CC(NCCO)CN(C(=O)OC)C1. The van der Waals surface area contributed by atoms with Crippen LogP contribution in [0.3, 0.4) is 0 Å². The van der Waals surface area contributed by atoms with Crippen LogP contribution in [0.2, 0.25) is 0 Å². The minimum absolute atomic E-state index is 0.130. The molecule has 0 aliphatic carbocycles. The summed E-state index contributed by atoms with van der Waals surface area (Å²) in [5.74, 6) is 0.518. The lowest BCUT2D eigenvalue weighted by atomic mass is 9.92. The predicted molar refractivity (Wildman–Crippen MR) is 61.3 cm³/mol. The number of nitrogens with zero attached hydrogens (tertiary/aromatic N) is 1. The number of aliphatic hydroxyl groups is 1. The number of hydrogen-bond acceptors (Lipinski definition) is 4. The first-order valence-electron chi connectivity index (χ1n) is 5.88. The molecule has 0 saturated carbocycles. The highest BCUT2D eigenvalue weighted by Crippen LogP contribution is 2.20. The molecule has 5 nitrogen and oxygen atoms in total. The molecule has 0 radical (unpaired) electrons. The highest BCUT2D eigenvalue weighted by molar-refractivity contribution is 5.67. The Morgan fingerprint density at radius 3 is 2.88 bits per heavy atom. The maximum atomic E-state index is 11.5. The molecule has 16 heavy (non-hydrogen) atoms. The molecule has 2 unspecified atom stereocenters. The van der Waals surface area contributed by atoms with Crippen LogP contribution >= 0.6 is 0 Å². The molecular weight excluding hydrogens is 208 g/mol. The number of hydrogen-bond donors (Lipinski definition) is 2. The first kappa shape index (κ1) is 13.3. The molecule has 1 saturated heterocycles. The summed E-state index contributed by atoms with van der Waals surface area (Å²) in [4.78, 5) is 13.2. The number of aliphatic hydroxyl groups excluding tert-OH is 1. The third-order valence-electron chi connectivity index (χ3n) is 3.09. The smallest absolute Gasteiger partial charge is 0.409 e. The van der Waals surface area contributed by atoms with Crippen LogP contribution in [-0.4, -0.2) is 55.5 Å². The Morgan fingerprint density at radius 2 is 2.31 bits per heavy atom. The van der Waals surface area contributed by atoms with Gasteiger partial charge in [0.05, 0.1) is 13.7 Å². The van der Waals surface area contributed by atoms with Crippen molar-refractivity contribution >= 4 is 6.09 Å². The molecule has 2 N–H and O–H groups in total. The molecule has 0 aromatic heterocycles. The van der Waals surface area contributed by atoms with E-state index in [2.05, 4.69) is 12.2 Å². The van der Waals surface area contributed by atoms with Crippen molar-refractivity contribution in [2.75, 3.05) is 33.4 Å². The molecule has 0 aromatic carbocycles. The maximum absolute atomic E-state index is 11.5. The highest BCUT2D eigenvalue weighted by Gasteiger charge is 2.29. The van der Waals surface area contributed by atoms with Gasteiger partial charge in [0, 0.05) is 25.7 Å². The number of rotatable bonds is 4. The number of carbonyl (C=O) groups is 1. The van der Waals surface area contributed by atoms with Gasteiger partial charge in [0.2, 0.25) is 0 Å². The van der Waals surface area contributed by atoms with Crippen molar-refractivity contribution in [2.45, 2.75) is 25.8 Å². The number of piperidine rings is 1. The molecule has 0 spiro atoms. The fourth-order valence-electron chi connectivity index (χ4n) is 2.19. The lowest BCUT2D eigenvalue weighted by Gasteiger charge is -2.37. The highest BCUT2D eigenvalue weighted by atomic mass is 16.5. The number of nitrogens with one attached hydrogen (secondary N) is 1. The van der Waals surface area contributed by atoms with E-state index >= 15 is 0 Å². The summed E-state index contributed by atoms with van der Waals surface area (Å²) in [5, 5.41) is 12.0. The lowest BCUT2D eigenvalue weighted by Crippen LogP contribution is -2.51. The van der Waals surface area contributed by atoms with E-state index in [1.165, 1.54) is 7.11 Å². The van der Waals surface area contributed by atoms with E-state index in [0.717, 1.165) is 19.4 Å². The van der Waals surface area contributed by atoms with Gasteiger partial charge in [-0.1, -0.05) is 13.3 Å². The van der Waals surface area contributed by atoms with E-state index in [1.54, 1.807) is 4.90 Å². The normalized spacial score (nSPS) is 25.6. The van der Waals surface area contributed by atoms with Crippen LogP contribution in [0.25, 0.3) is 0 Å². The Hall–Kier alpha value is -0.810. The van der Waals surface area contributed by atoms with E-state index in [-0.39, 0.29) is 18.7 Å². The summed E-state index contributed by atoms with van der Waals surface area (Å²) in [7, 11) is 1.41. The van der Waals surface area contributed by atoms with Gasteiger partial charge in [0.25, 0.3) is 0 Å². The minimum Gasteiger partial charge on any atom is -0.453 e. The summed E-state index contributed by atoms with van der Waals surface area (Å²) in [6, 6.07) is 0.268. The Morgan fingerprint density at radius 1 is 1.56 bits per heavy atom. The van der Waals surface area contributed by atoms with Crippen molar-refractivity contribution < 1.29 is 14.6 Å². The molecule has 1 amide bonds. The van der Waals surface area contributed by atoms with Gasteiger partial charge in [-0.05, 0) is 12.3 Å². The largest absolute Gasteiger partial charge is 0.453 e. The second kappa shape index (κ2) is 6.70. The third-order valence-corrected chi connectivity index (χ3v) is 3.09. The zero-order valence-corrected chi connectivity index (χ0v) is 10.1. The van der Waals surface area contributed by atoms with Crippen molar-refractivity contribution in [2.24, 2.45) is 5.92 Å². The van der Waals surface area contributed by atoms with Crippen molar-refractivity contribution in [3.63, 3.8) is 0 Å². The summed E-state index contributed by atoms with van der Waals surface area (Å²) in [5.41, 5.74) is 0. The number of methoxy groups -OCH3 is 1. The van der Waals surface area contributed by atoms with E-state index in [0.29, 0.717) is 19.0 Å². The van der Waals surface area contributed by atoms with Crippen molar-refractivity contribution in [1.82, 2.24) is 10.2 Å². The van der Waals surface area contributed by atoms with E-state index in [9.17, 15) is 4.79 Å². The quantitative estimate of drug-likeness (QED) is 0.735. The number of ether oxygens (including phenoxy) is 1. The molecule has 0 bridgehead atoms. The topological polar surface area (TPSA) is 61.8 Å². The second-order valence-corrected chi connectivity index (χ2v) is 4.26. The Labute approximate surface area is 96.8 Å². The molecule has 94 valence electrons. The number of carbonyl (C=O) groups excluding carboxylic acids is 1. The molecule has 1 aliphatic rings. The van der Waals surface area contributed by atoms with Crippen molar-refractivity contribution in [3.05, 3.63) is 0 Å². The van der Waals surface area contributed by atoms with Crippen LogP contribution in [0.4, 0.5) is 4.79 Å². The fraction of sp³-hybridized carbons (Fsp3) is 0.909. The number of likely N-dealkylation sites (tertiary alicyclic amines) is 1. The molecule has 0 aromatic rings. The van der Waals surface area contributed by atoms with Gasteiger partial charge in [-0.2, -0.15) is 0 Å². The maximum Gasteiger partial charge on any atom is 0.409 e. The molecule has 1 heterocycles. The van der Waals surface area contributed by atoms with E-state index < -0.39 is 0 Å². The summed E-state index contributed by atoms with van der Waals surface area (Å²) in [6.45, 7) is 4.29. The predicted octanol–water partition coefficient (Wildman–Crippen LogP) is 0.435. The minimum atomic E-state index is -0.256. The molecule has 5 heteroatoms. The summed E-state index contributed by atoms with van der Waals surface area (Å²) < 4.78 is 4.75. The van der Waals surface area contributed by atoms with Crippen molar-refractivity contribution in [1.29, 1.82) is 0 Å². The second-order valence-electron chi connectivity index (χ2n) is 4.26. The first-order chi connectivity index (χ1) is 7.71. The van der Waals surface area contributed by atoms with Gasteiger partial charge < -0.3 is 20.1 Å². The van der Waals surface area contributed by atoms with Crippen LogP contribution in [0.15, 0.2) is 0 Å². The van der Waals surface area contributed by atoms with Crippen LogP contribution in [-0.2, 0) is 4.74 Å². The molecule has 2 atom stereocenters. The first-order valence-corrected chi connectivity index (χ1v) is 5.88. The zero-order chi connectivity index (χ0) is 12.0. The summed E-state index contributed by atoms with van der Waals surface area (Å²) >= 11 is 0. The van der Waals surface area contributed by atoms with Crippen LogP contribution < -0.4 is 5.32 Å². The summed E-state index contributed by atoms with van der Waals surface area (Å²) in [6.07, 6.45) is 1.86. The zero-order valence-electron chi connectivity index (χ0n) is 10.1. The average Bonchev–Trinajstić information content (AvgIpc) is 2.34. The molecule has 1 fully saturated rings. The van der Waals surface area contributed by atoms with E-state index in [4.69, 9.17) is 9.84 Å². The average molecular weight is 230 g/mol. The van der Waals surface area contributed by atoms with Crippen molar-refractivity contribution in [3.8, 4) is 0 Å². The van der Waals surface area contributed by atoms with Gasteiger partial charge in [-0.3, -0.25) is 0 Å². The Kier molecular flexibility index (Phi) is 5.55. The van der Waals surface area contributed by atoms with Gasteiger partial charge in [-0.15, -0.1) is 0 Å². The molecule has 1 rings (SSSR count). The molecule has 1 aliphatic heterocycles. The van der Waals surface area contributed by atoms with Gasteiger partial charge in [0.15, 0.2) is 0 Å². The van der Waals surface area contributed by atoms with E-state index in [1.807, 2.05) is 0 Å².